The van der Waals surface area contributed by atoms with Gasteiger partial charge in [-0.25, -0.2) is 0 Å². The molecule has 84 valence electrons. The monoisotopic (exact) mass is 218 g/mol. The third-order valence-electron chi connectivity index (χ3n) is 2.84. The maximum absolute atomic E-state index is 12.8. The summed E-state index contributed by atoms with van der Waals surface area (Å²) in [6.45, 7) is 2.67. The van der Waals surface area contributed by atoms with E-state index in [4.69, 9.17) is 5.11 Å². The fourth-order valence-electron chi connectivity index (χ4n) is 1.40. The van der Waals surface area contributed by atoms with Gasteiger partial charge in [0.25, 0.3) is 0 Å². The fourth-order valence-corrected chi connectivity index (χ4v) is 1.40. The Hall–Kier alpha value is -1.19. The van der Waals surface area contributed by atoms with E-state index in [1.165, 1.54) is 38.1 Å². The quantitative estimate of drug-likeness (QED) is 0.803. The number of aromatic hydroxyl groups is 1. The Kier molecular flexibility index (Phi) is 2.98. The molecule has 0 aromatic heterocycles. The second kappa shape index (κ2) is 3.76. The Morgan fingerprint density at radius 3 is 1.93 bits per heavy atom. The minimum absolute atomic E-state index is 0.0265. The standard InChI is InChI=1S/C11H13F3O/c1-3-10(2,11(12,13)14)8-4-6-9(15)7-5-8/h4-7,15H,3H2,1-2H3. The molecule has 0 saturated carbocycles. The van der Waals surface area contributed by atoms with E-state index in [1.807, 2.05) is 0 Å². The zero-order valence-electron chi connectivity index (χ0n) is 8.60. The molecule has 1 N–H and O–H groups in total. The van der Waals surface area contributed by atoms with Crippen molar-refractivity contribution >= 4 is 0 Å². The Labute approximate surface area is 86.5 Å². The van der Waals surface area contributed by atoms with E-state index in [9.17, 15) is 13.2 Å². The van der Waals surface area contributed by atoms with Gasteiger partial charge in [-0.1, -0.05) is 19.1 Å². The van der Waals surface area contributed by atoms with Crippen LogP contribution in [0.25, 0.3) is 0 Å². The van der Waals surface area contributed by atoms with Crippen LogP contribution >= 0.6 is 0 Å². The van der Waals surface area contributed by atoms with E-state index < -0.39 is 11.6 Å². The maximum atomic E-state index is 12.8. The number of hydrogen-bond acceptors (Lipinski definition) is 1. The van der Waals surface area contributed by atoms with Crippen molar-refractivity contribution < 1.29 is 18.3 Å². The molecule has 0 aliphatic rings. The first-order valence-corrected chi connectivity index (χ1v) is 4.67. The third kappa shape index (κ3) is 2.08. The van der Waals surface area contributed by atoms with Gasteiger partial charge in [-0.15, -0.1) is 0 Å². The van der Waals surface area contributed by atoms with Crippen molar-refractivity contribution in [2.45, 2.75) is 31.9 Å². The lowest BCUT2D eigenvalue weighted by Gasteiger charge is -2.31. The molecule has 1 nitrogen and oxygen atoms in total. The van der Waals surface area contributed by atoms with Crippen molar-refractivity contribution in [3.63, 3.8) is 0 Å². The molecule has 1 unspecified atom stereocenters. The molecule has 4 heteroatoms. The first-order chi connectivity index (χ1) is 6.81. The van der Waals surface area contributed by atoms with Crippen LogP contribution in [0.4, 0.5) is 13.2 Å². The first-order valence-electron chi connectivity index (χ1n) is 4.67. The molecule has 0 saturated heterocycles. The summed E-state index contributed by atoms with van der Waals surface area (Å²) in [4.78, 5) is 0. The zero-order valence-corrected chi connectivity index (χ0v) is 8.60. The van der Waals surface area contributed by atoms with E-state index in [0.29, 0.717) is 0 Å². The number of rotatable bonds is 2. The summed E-state index contributed by atoms with van der Waals surface area (Å²) in [5.74, 6) is -0.0284. The topological polar surface area (TPSA) is 20.2 Å². The summed E-state index contributed by atoms with van der Waals surface area (Å²) in [5.41, 5.74) is -1.67. The van der Waals surface area contributed by atoms with E-state index in [2.05, 4.69) is 0 Å². The molecule has 0 spiro atoms. The van der Waals surface area contributed by atoms with Gasteiger partial charge >= 0.3 is 6.18 Å². The molecule has 0 bridgehead atoms. The van der Waals surface area contributed by atoms with Crippen LogP contribution in [0.3, 0.4) is 0 Å². The summed E-state index contributed by atoms with van der Waals surface area (Å²) < 4.78 is 38.5. The number of alkyl halides is 3. The molecule has 1 aromatic rings. The Balaban J connectivity index is 3.18. The van der Waals surface area contributed by atoms with Crippen molar-refractivity contribution in [3.8, 4) is 5.75 Å². The van der Waals surface area contributed by atoms with Gasteiger partial charge in [0, 0.05) is 0 Å². The smallest absolute Gasteiger partial charge is 0.398 e. The predicted molar refractivity (Wildman–Crippen MR) is 51.8 cm³/mol. The molecule has 1 aromatic carbocycles. The van der Waals surface area contributed by atoms with Crippen molar-refractivity contribution in [3.05, 3.63) is 29.8 Å². The second-order valence-electron chi connectivity index (χ2n) is 3.73. The van der Waals surface area contributed by atoms with Crippen LogP contribution in [0.1, 0.15) is 25.8 Å². The van der Waals surface area contributed by atoms with Crippen molar-refractivity contribution in [2.24, 2.45) is 0 Å². The summed E-state index contributed by atoms with van der Waals surface area (Å²) in [6.07, 6.45) is -4.31. The van der Waals surface area contributed by atoms with Gasteiger partial charge in [-0.3, -0.25) is 0 Å². The number of phenolic OH excluding ortho intramolecular Hbond substituents is 1. The summed E-state index contributed by atoms with van der Waals surface area (Å²) in [6, 6.07) is 5.17. The molecule has 1 atom stereocenters. The number of halogens is 3. The highest BCUT2D eigenvalue weighted by Crippen LogP contribution is 2.43. The van der Waals surface area contributed by atoms with Crippen molar-refractivity contribution in [1.82, 2.24) is 0 Å². The minimum atomic E-state index is -4.28. The van der Waals surface area contributed by atoms with Gasteiger partial charge in [0.15, 0.2) is 0 Å². The van der Waals surface area contributed by atoms with Crippen LogP contribution in [0.2, 0.25) is 0 Å². The molecule has 0 aliphatic carbocycles. The molecule has 0 fully saturated rings. The highest BCUT2D eigenvalue weighted by Gasteiger charge is 2.50. The molecule has 15 heavy (non-hydrogen) atoms. The number of hydrogen-bond donors (Lipinski definition) is 1. The Morgan fingerprint density at radius 1 is 1.13 bits per heavy atom. The average Bonchev–Trinajstić information content (AvgIpc) is 2.16. The molecule has 0 aliphatic heterocycles. The second-order valence-corrected chi connectivity index (χ2v) is 3.73. The third-order valence-corrected chi connectivity index (χ3v) is 2.84. The molecule has 1 rings (SSSR count). The van der Waals surface area contributed by atoms with E-state index in [1.54, 1.807) is 0 Å². The lowest BCUT2D eigenvalue weighted by atomic mass is 9.79. The number of phenols is 1. The van der Waals surface area contributed by atoms with Crippen molar-refractivity contribution in [2.75, 3.05) is 0 Å². The molecule has 0 amide bonds. The van der Waals surface area contributed by atoms with E-state index >= 15 is 0 Å². The van der Waals surface area contributed by atoms with Gasteiger partial charge < -0.3 is 5.11 Å². The zero-order chi connectivity index (χ0) is 11.7. The summed E-state index contributed by atoms with van der Waals surface area (Å²) >= 11 is 0. The lowest BCUT2D eigenvalue weighted by molar-refractivity contribution is -0.186. The average molecular weight is 218 g/mol. The Bertz CT molecular complexity index is 329. The first kappa shape index (κ1) is 11.9. The van der Waals surface area contributed by atoms with E-state index in [-0.39, 0.29) is 17.7 Å². The SMILES string of the molecule is CCC(C)(c1ccc(O)cc1)C(F)(F)F. The lowest BCUT2D eigenvalue weighted by Crippen LogP contribution is -2.38. The maximum Gasteiger partial charge on any atom is 0.398 e. The molecule has 0 radical (unpaired) electrons. The molecule has 0 heterocycles. The van der Waals surface area contributed by atoms with Crippen LogP contribution < -0.4 is 0 Å². The van der Waals surface area contributed by atoms with Crippen LogP contribution in [-0.4, -0.2) is 11.3 Å². The van der Waals surface area contributed by atoms with Crippen LogP contribution in [0, 0.1) is 0 Å². The normalized spacial score (nSPS) is 16.1. The largest absolute Gasteiger partial charge is 0.508 e. The molecular weight excluding hydrogens is 205 g/mol. The van der Waals surface area contributed by atoms with Gasteiger partial charge in [0.2, 0.25) is 0 Å². The summed E-state index contributed by atoms with van der Waals surface area (Å²) in [5, 5.41) is 9.02. The minimum Gasteiger partial charge on any atom is -0.508 e. The Morgan fingerprint density at radius 2 is 1.60 bits per heavy atom. The van der Waals surface area contributed by atoms with Gasteiger partial charge in [-0.05, 0) is 31.0 Å². The number of benzene rings is 1. The van der Waals surface area contributed by atoms with Gasteiger partial charge in [0.1, 0.15) is 5.75 Å². The fraction of sp³-hybridized carbons (Fsp3) is 0.455. The summed E-state index contributed by atoms with van der Waals surface area (Å²) in [7, 11) is 0. The van der Waals surface area contributed by atoms with Crippen LogP contribution in [0.5, 0.6) is 5.75 Å². The van der Waals surface area contributed by atoms with Crippen LogP contribution in [-0.2, 0) is 5.41 Å². The van der Waals surface area contributed by atoms with Gasteiger partial charge in [0.05, 0.1) is 5.41 Å². The highest BCUT2D eigenvalue weighted by atomic mass is 19.4. The van der Waals surface area contributed by atoms with Gasteiger partial charge in [-0.2, -0.15) is 13.2 Å². The molecular formula is C11H13F3O. The predicted octanol–water partition coefficient (Wildman–Crippen LogP) is 3.62. The van der Waals surface area contributed by atoms with Crippen LogP contribution in [0.15, 0.2) is 24.3 Å². The highest BCUT2D eigenvalue weighted by molar-refractivity contribution is 5.32. The van der Waals surface area contributed by atoms with Crippen molar-refractivity contribution in [1.29, 1.82) is 0 Å². The van der Waals surface area contributed by atoms with E-state index in [0.717, 1.165) is 0 Å².